The molecule has 6 rings (SSSR count). The van der Waals surface area contributed by atoms with Gasteiger partial charge in [-0.1, -0.05) is 30.4 Å². The van der Waals surface area contributed by atoms with Gasteiger partial charge in [-0.25, -0.2) is 4.98 Å². The predicted octanol–water partition coefficient (Wildman–Crippen LogP) is 6.43. The molecule has 1 N–H and O–H groups in total. The third kappa shape index (κ3) is 4.91. The van der Waals surface area contributed by atoms with E-state index in [1.165, 1.54) is 16.2 Å². The molecule has 0 bridgehead atoms. The average Bonchev–Trinajstić information content (AvgIpc) is 3.63. The van der Waals surface area contributed by atoms with Crippen LogP contribution in [0.2, 0.25) is 0 Å². The molecule has 2 aliphatic rings. The number of ketones is 1. The SMILES string of the molecule is CCCOc1cccc([C@@H]2/C(=C(\O)c3ccc4c(c3)C[C@H](C)O4)C(=O)C(=O)N2c2nc3ccc(OCC)cc3s2)c1. The molecule has 0 saturated carbocycles. The number of anilines is 1. The van der Waals surface area contributed by atoms with E-state index in [4.69, 9.17) is 19.2 Å². The Morgan fingerprint density at radius 2 is 1.90 bits per heavy atom. The monoisotopic (exact) mass is 570 g/mol. The Hall–Kier alpha value is -4.37. The number of benzene rings is 3. The van der Waals surface area contributed by atoms with Crippen LogP contribution < -0.4 is 19.1 Å². The molecule has 1 aromatic heterocycles. The van der Waals surface area contributed by atoms with Gasteiger partial charge in [-0.05, 0) is 79.9 Å². The standard InChI is InChI=1S/C32H30N2O6S/c1-4-13-39-22-8-6-7-19(16-22)28-27(29(35)20-9-12-25-21(15-20)14-18(3)40-25)30(36)31(37)34(28)32-33-24-11-10-23(38-5-2)17-26(24)41-32/h6-12,15-18,28,35H,4-5,13-14H2,1-3H3/b29-27+/t18-,28+/m0/s1. The highest BCUT2D eigenvalue weighted by molar-refractivity contribution is 7.22. The quantitative estimate of drug-likeness (QED) is 0.148. The topological polar surface area (TPSA) is 98.2 Å². The summed E-state index contributed by atoms with van der Waals surface area (Å²) >= 11 is 1.29. The highest BCUT2D eigenvalue weighted by Crippen LogP contribution is 2.45. The van der Waals surface area contributed by atoms with Gasteiger partial charge in [-0.3, -0.25) is 14.5 Å². The molecule has 3 heterocycles. The van der Waals surface area contributed by atoms with E-state index in [-0.39, 0.29) is 17.4 Å². The lowest BCUT2D eigenvalue weighted by Crippen LogP contribution is -2.29. The van der Waals surface area contributed by atoms with Crippen molar-refractivity contribution < 1.29 is 28.9 Å². The minimum atomic E-state index is -0.907. The third-order valence-corrected chi connectivity index (χ3v) is 8.14. The number of hydrogen-bond acceptors (Lipinski definition) is 8. The van der Waals surface area contributed by atoms with Crippen molar-refractivity contribution in [1.29, 1.82) is 0 Å². The van der Waals surface area contributed by atoms with Crippen LogP contribution in [0.25, 0.3) is 16.0 Å². The first-order valence-electron chi connectivity index (χ1n) is 13.7. The van der Waals surface area contributed by atoms with Crippen molar-refractivity contribution in [3.8, 4) is 17.2 Å². The molecule has 2 atom stereocenters. The number of carbonyl (C=O) groups excluding carboxylic acids is 2. The molecule has 0 unspecified atom stereocenters. The van der Waals surface area contributed by atoms with E-state index < -0.39 is 17.7 Å². The van der Waals surface area contributed by atoms with Crippen LogP contribution in [0.4, 0.5) is 5.13 Å². The molecule has 1 amide bonds. The Balaban J connectivity index is 1.50. The van der Waals surface area contributed by atoms with Crippen LogP contribution in [0, 0.1) is 0 Å². The second-order valence-electron chi connectivity index (χ2n) is 10.1. The first kappa shape index (κ1) is 26.8. The fourth-order valence-electron chi connectivity index (χ4n) is 5.32. The summed E-state index contributed by atoms with van der Waals surface area (Å²) < 4.78 is 18.1. The number of rotatable bonds is 8. The van der Waals surface area contributed by atoms with Gasteiger partial charge in [0.2, 0.25) is 0 Å². The van der Waals surface area contributed by atoms with E-state index in [1.807, 2.05) is 69.3 Å². The van der Waals surface area contributed by atoms with Crippen molar-refractivity contribution in [1.82, 2.24) is 4.98 Å². The predicted molar refractivity (Wildman–Crippen MR) is 158 cm³/mol. The largest absolute Gasteiger partial charge is 0.507 e. The van der Waals surface area contributed by atoms with E-state index in [2.05, 4.69) is 0 Å². The third-order valence-electron chi connectivity index (χ3n) is 7.13. The second kappa shape index (κ2) is 10.9. The summed E-state index contributed by atoms with van der Waals surface area (Å²) in [5.41, 5.74) is 2.71. The maximum absolute atomic E-state index is 13.7. The molecule has 210 valence electrons. The second-order valence-corrected chi connectivity index (χ2v) is 11.1. The van der Waals surface area contributed by atoms with Gasteiger partial charge in [0.05, 0.1) is 35.0 Å². The van der Waals surface area contributed by atoms with Gasteiger partial charge in [0.15, 0.2) is 5.13 Å². The van der Waals surface area contributed by atoms with Crippen molar-refractivity contribution >= 4 is 44.1 Å². The summed E-state index contributed by atoms with van der Waals surface area (Å²) in [6.45, 7) is 6.96. The van der Waals surface area contributed by atoms with E-state index in [9.17, 15) is 14.7 Å². The minimum absolute atomic E-state index is 0.00353. The maximum Gasteiger partial charge on any atom is 0.301 e. The maximum atomic E-state index is 13.7. The molecule has 0 radical (unpaired) electrons. The summed E-state index contributed by atoms with van der Waals surface area (Å²) in [6.07, 6.45) is 1.56. The molecular weight excluding hydrogens is 540 g/mol. The van der Waals surface area contributed by atoms with Crippen molar-refractivity contribution in [2.24, 2.45) is 0 Å². The number of Topliss-reactive ketones (excluding diaryl/α,β-unsaturated/α-hetero) is 1. The summed E-state index contributed by atoms with van der Waals surface area (Å²) in [6, 6.07) is 17.3. The van der Waals surface area contributed by atoms with Crippen molar-refractivity contribution in [3.05, 3.63) is 82.9 Å². The van der Waals surface area contributed by atoms with Gasteiger partial charge >= 0.3 is 5.91 Å². The van der Waals surface area contributed by atoms with E-state index in [0.29, 0.717) is 52.9 Å². The molecule has 0 spiro atoms. The van der Waals surface area contributed by atoms with Gasteiger partial charge < -0.3 is 19.3 Å². The van der Waals surface area contributed by atoms with Gasteiger partial charge in [-0.2, -0.15) is 0 Å². The molecular formula is C32H30N2O6S. The van der Waals surface area contributed by atoms with Gasteiger partial charge in [0.25, 0.3) is 5.78 Å². The number of nitrogens with zero attached hydrogens (tertiary/aromatic N) is 2. The molecule has 2 aliphatic heterocycles. The van der Waals surface area contributed by atoms with Gasteiger partial charge in [0, 0.05) is 12.0 Å². The molecule has 41 heavy (non-hydrogen) atoms. The van der Waals surface area contributed by atoms with Crippen LogP contribution in [0.5, 0.6) is 17.2 Å². The average molecular weight is 571 g/mol. The molecule has 0 aliphatic carbocycles. The number of aromatic nitrogens is 1. The van der Waals surface area contributed by atoms with Crippen LogP contribution in [0.15, 0.2) is 66.2 Å². The van der Waals surface area contributed by atoms with Gasteiger partial charge in [-0.15, -0.1) is 0 Å². The Kier molecular flexibility index (Phi) is 7.13. The van der Waals surface area contributed by atoms with Gasteiger partial charge in [0.1, 0.15) is 29.1 Å². The molecule has 1 fully saturated rings. The summed E-state index contributed by atoms with van der Waals surface area (Å²) in [4.78, 5) is 33.5. The molecule has 8 nitrogen and oxygen atoms in total. The van der Waals surface area contributed by atoms with Crippen LogP contribution in [0.3, 0.4) is 0 Å². The molecule has 9 heteroatoms. The van der Waals surface area contributed by atoms with E-state index >= 15 is 0 Å². The highest BCUT2D eigenvalue weighted by Gasteiger charge is 2.48. The number of fused-ring (bicyclic) bond motifs is 2. The fraction of sp³-hybridized carbons (Fsp3) is 0.281. The lowest BCUT2D eigenvalue weighted by molar-refractivity contribution is -0.132. The highest BCUT2D eigenvalue weighted by atomic mass is 32.1. The summed E-state index contributed by atoms with van der Waals surface area (Å²) in [7, 11) is 0. The summed E-state index contributed by atoms with van der Waals surface area (Å²) in [5, 5.41) is 12.0. The zero-order valence-corrected chi connectivity index (χ0v) is 23.9. The smallest absolute Gasteiger partial charge is 0.301 e. The number of amides is 1. The van der Waals surface area contributed by atoms with Crippen LogP contribution >= 0.6 is 11.3 Å². The number of ether oxygens (including phenoxy) is 3. The lowest BCUT2D eigenvalue weighted by Gasteiger charge is -2.23. The minimum Gasteiger partial charge on any atom is -0.507 e. The van der Waals surface area contributed by atoms with Crippen molar-refractivity contribution in [2.75, 3.05) is 18.1 Å². The van der Waals surface area contributed by atoms with Crippen LogP contribution in [-0.2, 0) is 16.0 Å². The van der Waals surface area contributed by atoms with Crippen LogP contribution in [-0.4, -0.2) is 41.1 Å². The number of hydrogen-bond donors (Lipinski definition) is 1. The fourth-order valence-corrected chi connectivity index (χ4v) is 6.34. The van der Waals surface area contributed by atoms with E-state index in [1.54, 1.807) is 12.1 Å². The van der Waals surface area contributed by atoms with Crippen LogP contribution in [0.1, 0.15) is 49.9 Å². The zero-order valence-electron chi connectivity index (χ0n) is 23.0. The Morgan fingerprint density at radius 3 is 2.71 bits per heavy atom. The summed E-state index contributed by atoms with van der Waals surface area (Å²) in [5.74, 6) is 0.310. The number of carbonyl (C=O) groups is 2. The Labute approximate surface area is 241 Å². The number of thiazole rings is 1. The Morgan fingerprint density at radius 1 is 1.07 bits per heavy atom. The molecule has 4 aromatic rings. The normalized spacial score (nSPS) is 19.4. The molecule has 3 aromatic carbocycles. The zero-order chi connectivity index (χ0) is 28.7. The van der Waals surface area contributed by atoms with E-state index in [0.717, 1.165) is 22.4 Å². The number of aliphatic hydroxyl groups is 1. The van der Waals surface area contributed by atoms with Crippen molar-refractivity contribution in [3.63, 3.8) is 0 Å². The first-order valence-corrected chi connectivity index (χ1v) is 14.6. The molecule has 1 saturated heterocycles. The lowest BCUT2D eigenvalue weighted by atomic mass is 9.94. The first-order chi connectivity index (χ1) is 19.9. The number of aliphatic hydroxyl groups excluding tert-OH is 1. The van der Waals surface area contributed by atoms with Crippen molar-refractivity contribution in [2.45, 2.75) is 45.8 Å². The Bertz CT molecular complexity index is 1690.